The van der Waals surface area contributed by atoms with Gasteiger partial charge < -0.3 is 5.32 Å². The van der Waals surface area contributed by atoms with E-state index in [0.717, 1.165) is 11.1 Å². The molecule has 0 saturated carbocycles. The number of hydrogen-bond donors (Lipinski definition) is 1. The number of pyridine rings is 1. The highest BCUT2D eigenvalue weighted by Crippen LogP contribution is 2.14. The van der Waals surface area contributed by atoms with Crippen molar-refractivity contribution in [2.45, 2.75) is 19.4 Å². The van der Waals surface area contributed by atoms with Gasteiger partial charge in [0.2, 0.25) is 5.91 Å². The van der Waals surface area contributed by atoms with E-state index in [2.05, 4.69) is 15.4 Å². The molecule has 2 heterocycles. The highest BCUT2D eigenvalue weighted by atomic mass is 35.5. The lowest BCUT2D eigenvalue weighted by molar-refractivity contribution is -0.124. The zero-order valence-electron chi connectivity index (χ0n) is 14.8. The fourth-order valence-corrected chi connectivity index (χ4v) is 2.75. The number of nitrogens with one attached hydrogen (secondary N) is 1. The summed E-state index contributed by atoms with van der Waals surface area (Å²) in [5.41, 5.74) is 2.18. The van der Waals surface area contributed by atoms with Gasteiger partial charge in [0.05, 0.1) is 5.69 Å². The maximum absolute atomic E-state index is 12.4. The van der Waals surface area contributed by atoms with Gasteiger partial charge in [-0.1, -0.05) is 23.7 Å². The number of carbonyl (C=O) groups is 1. The van der Waals surface area contributed by atoms with Crippen molar-refractivity contribution in [2.24, 2.45) is 0 Å². The first-order chi connectivity index (χ1) is 13.0. The Labute approximate surface area is 161 Å². The van der Waals surface area contributed by atoms with E-state index in [1.165, 1.54) is 10.7 Å². The number of halogens is 1. The van der Waals surface area contributed by atoms with Gasteiger partial charge in [0.1, 0.15) is 6.04 Å². The first kappa shape index (κ1) is 18.8. The molecule has 0 aliphatic rings. The molecule has 2 aromatic heterocycles. The van der Waals surface area contributed by atoms with Crippen LogP contribution in [0.1, 0.15) is 18.5 Å². The Kier molecular flexibility index (Phi) is 5.98. The fourth-order valence-electron chi connectivity index (χ4n) is 2.62. The van der Waals surface area contributed by atoms with Gasteiger partial charge in [-0.15, -0.1) is 0 Å². The van der Waals surface area contributed by atoms with Crippen molar-refractivity contribution in [1.82, 2.24) is 20.1 Å². The zero-order chi connectivity index (χ0) is 19.2. The van der Waals surface area contributed by atoms with Gasteiger partial charge in [-0.05, 0) is 49.2 Å². The Balaban J connectivity index is 1.67. The molecule has 6 nitrogen and oxygen atoms in total. The molecule has 3 aromatic rings. The van der Waals surface area contributed by atoms with Crippen molar-refractivity contribution >= 4 is 17.5 Å². The molecule has 7 heteroatoms. The second-order valence-electron chi connectivity index (χ2n) is 6.08. The van der Waals surface area contributed by atoms with E-state index in [0.29, 0.717) is 23.7 Å². The van der Waals surface area contributed by atoms with Gasteiger partial charge in [-0.3, -0.25) is 14.6 Å². The smallest absolute Gasteiger partial charge is 0.267 e. The largest absolute Gasteiger partial charge is 0.354 e. The maximum Gasteiger partial charge on any atom is 0.267 e. The predicted octanol–water partition coefficient (Wildman–Crippen LogP) is 2.88. The molecule has 0 radical (unpaired) electrons. The molecule has 1 unspecified atom stereocenters. The van der Waals surface area contributed by atoms with Crippen LogP contribution < -0.4 is 10.9 Å². The first-order valence-electron chi connectivity index (χ1n) is 8.57. The normalized spacial score (nSPS) is 11.8. The van der Waals surface area contributed by atoms with E-state index in [-0.39, 0.29) is 11.5 Å². The molecule has 1 amide bonds. The molecule has 0 saturated heterocycles. The van der Waals surface area contributed by atoms with E-state index in [1.807, 2.05) is 24.3 Å². The quantitative estimate of drug-likeness (QED) is 0.711. The summed E-state index contributed by atoms with van der Waals surface area (Å²) in [6.45, 7) is 2.12. The highest BCUT2D eigenvalue weighted by Gasteiger charge is 2.17. The van der Waals surface area contributed by atoms with Crippen molar-refractivity contribution in [2.75, 3.05) is 6.54 Å². The van der Waals surface area contributed by atoms with Crippen LogP contribution in [-0.2, 0) is 11.2 Å². The molecular weight excluding hydrogens is 364 g/mol. The Hall–Kier alpha value is -2.99. The van der Waals surface area contributed by atoms with Crippen molar-refractivity contribution in [3.8, 4) is 11.3 Å². The number of aromatic nitrogens is 3. The van der Waals surface area contributed by atoms with E-state index in [9.17, 15) is 9.59 Å². The van der Waals surface area contributed by atoms with Crippen molar-refractivity contribution in [1.29, 1.82) is 0 Å². The molecule has 1 N–H and O–H groups in total. The van der Waals surface area contributed by atoms with Gasteiger partial charge in [-0.25, -0.2) is 4.68 Å². The summed E-state index contributed by atoms with van der Waals surface area (Å²) in [5.74, 6) is -0.259. The van der Waals surface area contributed by atoms with E-state index < -0.39 is 6.04 Å². The molecule has 0 aliphatic heterocycles. The lowest BCUT2D eigenvalue weighted by Gasteiger charge is -2.15. The van der Waals surface area contributed by atoms with Crippen LogP contribution in [0.4, 0.5) is 0 Å². The van der Waals surface area contributed by atoms with Gasteiger partial charge in [-0.2, -0.15) is 5.10 Å². The lowest BCUT2D eigenvalue weighted by atomic mass is 10.1. The predicted molar refractivity (Wildman–Crippen MR) is 105 cm³/mol. The lowest BCUT2D eigenvalue weighted by Crippen LogP contribution is -2.37. The molecule has 1 atom stereocenters. The Bertz CT molecular complexity index is 971. The maximum atomic E-state index is 12.4. The van der Waals surface area contributed by atoms with Crippen LogP contribution in [0.3, 0.4) is 0 Å². The summed E-state index contributed by atoms with van der Waals surface area (Å²) in [5, 5.41) is 7.87. The van der Waals surface area contributed by atoms with Gasteiger partial charge in [0.15, 0.2) is 0 Å². The molecule has 27 heavy (non-hydrogen) atoms. The van der Waals surface area contributed by atoms with Gasteiger partial charge >= 0.3 is 0 Å². The molecule has 0 bridgehead atoms. The van der Waals surface area contributed by atoms with Crippen LogP contribution >= 0.6 is 11.6 Å². The molecule has 3 rings (SSSR count). The average Bonchev–Trinajstić information content (AvgIpc) is 2.70. The number of nitrogens with zero attached hydrogens (tertiary/aromatic N) is 3. The molecule has 0 aliphatic carbocycles. The number of amides is 1. The topological polar surface area (TPSA) is 76.9 Å². The summed E-state index contributed by atoms with van der Waals surface area (Å²) < 4.78 is 1.20. The van der Waals surface area contributed by atoms with Crippen LogP contribution in [0.2, 0.25) is 5.02 Å². The number of carbonyl (C=O) groups excluding carboxylic acids is 1. The molecule has 0 spiro atoms. The minimum Gasteiger partial charge on any atom is -0.354 e. The van der Waals surface area contributed by atoms with Crippen LogP contribution in [0.5, 0.6) is 0 Å². The second kappa shape index (κ2) is 8.60. The summed E-state index contributed by atoms with van der Waals surface area (Å²) in [7, 11) is 0. The molecular formula is C20H19ClN4O2. The second-order valence-corrected chi connectivity index (χ2v) is 6.52. The third kappa shape index (κ3) is 4.80. The standard InChI is InChI=1S/C20H19ClN4O2/c1-14(20(27)23-13-8-15-2-4-17(21)5-3-15)25-19(26)7-6-18(24-25)16-9-11-22-12-10-16/h2-7,9-12,14H,8,13H2,1H3,(H,23,27). The summed E-state index contributed by atoms with van der Waals surface area (Å²) in [6, 6.07) is 13.4. The third-order valence-electron chi connectivity index (χ3n) is 4.17. The van der Waals surface area contributed by atoms with E-state index in [4.69, 9.17) is 11.6 Å². The average molecular weight is 383 g/mol. The summed E-state index contributed by atoms with van der Waals surface area (Å²) in [6.07, 6.45) is 3.98. The van der Waals surface area contributed by atoms with Crippen molar-refractivity contribution < 1.29 is 4.79 Å². The minimum absolute atomic E-state index is 0.259. The van der Waals surface area contributed by atoms with Crippen molar-refractivity contribution in [3.05, 3.63) is 81.9 Å². The fraction of sp³-hybridized carbons (Fsp3) is 0.200. The Morgan fingerprint density at radius 3 is 2.52 bits per heavy atom. The Morgan fingerprint density at radius 2 is 1.81 bits per heavy atom. The molecule has 138 valence electrons. The monoisotopic (exact) mass is 382 g/mol. The van der Waals surface area contributed by atoms with E-state index >= 15 is 0 Å². The summed E-state index contributed by atoms with van der Waals surface area (Å²) >= 11 is 5.86. The zero-order valence-corrected chi connectivity index (χ0v) is 15.6. The number of rotatable bonds is 6. The first-order valence-corrected chi connectivity index (χ1v) is 8.95. The van der Waals surface area contributed by atoms with Gasteiger partial charge in [0.25, 0.3) is 5.56 Å². The van der Waals surface area contributed by atoms with Gasteiger partial charge in [0, 0.05) is 35.6 Å². The third-order valence-corrected chi connectivity index (χ3v) is 4.43. The SMILES string of the molecule is CC(C(=O)NCCc1ccc(Cl)cc1)n1nc(-c2ccncc2)ccc1=O. The Morgan fingerprint density at radius 1 is 1.11 bits per heavy atom. The molecule has 0 fully saturated rings. The minimum atomic E-state index is -0.718. The number of benzene rings is 1. The van der Waals surface area contributed by atoms with E-state index in [1.54, 1.807) is 37.5 Å². The van der Waals surface area contributed by atoms with Crippen molar-refractivity contribution in [3.63, 3.8) is 0 Å². The van der Waals surface area contributed by atoms with Crippen LogP contribution in [-0.4, -0.2) is 27.2 Å². The molecule has 1 aromatic carbocycles. The van der Waals surface area contributed by atoms with Crippen LogP contribution in [0.15, 0.2) is 65.7 Å². The number of hydrogen-bond acceptors (Lipinski definition) is 4. The highest BCUT2D eigenvalue weighted by molar-refractivity contribution is 6.30. The summed E-state index contributed by atoms with van der Waals surface area (Å²) in [4.78, 5) is 28.6. The van der Waals surface area contributed by atoms with Crippen LogP contribution in [0, 0.1) is 0 Å². The van der Waals surface area contributed by atoms with Crippen LogP contribution in [0.25, 0.3) is 11.3 Å².